The summed E-state index contributed by atoms with van der Waals surface area (Å²) in [5.74, 6) is 1.74. The number of aryl methyl sites for hydroxylation is 2. The Morgan fingerprint density at radius 2 is 2.00 bits per heavy atom. The van der Waals surface area contributed by atoms with Crippen LogP contribution in [-0.4, -0.2) is 21.1 Å². The van der Waals surface area contributed by atoms with Crippen molar-refractivity contribution in [2.75, 3.05) is 11.9 Å². The Morgan fingerprint density at radius 1 is 1.24 bits per heavy atom. The van der Waals surface area contributed by atoms with Crippen molar-refractivity contribution in [2.24, 2.45) is 0 Å². The van der Waals surface area contributed by atoms with Crippen LogP contribution in [0.25, 0.3) is 0 Å². The lowest BCUT2D eigenvalue weighted by Crippen LogP contribution is -2.11. The van der Waals surface area contributed by atoms with Crippen molar-refractivity contribution >= 4 is 5.82 Å². The van der Waals surface area contributed by atoms with Gasteiger partial charge in [-0.1, -0.05) is 6.92 Å². The van der Waals surface area contributed by atoms with Crippen molar-refractivity contribution in [1.29, 1.82) is 0 Å². The Hall–Kier alpha value is -1.84. The summed E-state index contributed by atoms with van der Waals surface area (Å²) in [5.41, 5.74) is 1.08. The van der Waals surface area contributed by atoms with E-state index < -0.39 is 0 Å². The fourth-order valence-electron chi connectivity index (χ4n) is 1.73. The van der Waals surface area contributed by atoms with E-state index in [1.165, 1.54) is 0 Å². The summed E-state index contributed by atoms with van der Waals surface area (Å²) in [7, 11) is 0. The summed E-state index contributed by atoms with van der Waals surface area (Å²) < 4.78 is 2.14. The quantitative estimate of drug-likeness (QED) is 0.856. The second-order valence-electron chi connectivity index (χ2n) is 3.99. The maximum absolute atomic E-state index is 4.37. The molecule has 4 heteroatoms. The lowest BCUT2D eigenvalue weighted by atomic mass is 10.3. The van der Waals surface area contributed by atoms with Crippen molar-refractivity contribution in [1.82, 2.24) is 14.5 Å². The molecule has 4 nitrogen and oxygen atoms in total. The summed E-state index contributed by atoms with van der Waals surface area (Å²) in [6.07, 6.45) is 5.06. The van der Waals surface area contributed by atoms with Gasteiger partial charge in [0.05, 0.1) is 0 Å². The minimum absolute atomic E-state index is 0.827. The van der Waals surface area contributed by atoms with Gasteiger partial charge >= 0.3 is 0 Å². The number of anilines is 1. The minimum atomic E-state index is 0.827. The molecule has 2 heterocycles. The van der Waals surface area contributed by atoms with Crippen molar-refractivity contribution in [3.63, 3.8) is 0 Å². The molecular formula is C13H18N4. The molecule has 2 aromatic rings. The summed E-state index contributed by atoms with van der Waals surface area (Å²) in [6.45, 7) is 5.84. The van der Waals surface area contributed by atoms with Crippen LogP contribution in [0.15, 0.2) is 30.6 Å². The average Bonchev–Trinajstić information content (AvgIpc) is 2.81. The van der Waals surface area contributed by atoms with Gasteiger partial charge in [-0.05, 0) is 25.5 Å². The molecule has 90 valence electrons. The van der Waals surface area contributed by atoms with Gasteiger partial charge in [0.25, 0.3) is 0 Å². The molecule has 0 atom stereocenters. The first-order valence-corrected chi connectivity index (χ1v) is 5.97. The van der Waals surface area contributed by atoms with E-state index in [0.717, 1.165) is 36.8 Å². The highest BCUT2D eigenvalue weighted by molar-refractivity contribution is 5.35. The van der Waals surface area contributed by atoms with Gasteiger partial charge in [0, 0.05) is 37.2 Å². The smallest absolute Gasteiger partial charge is 0.129 e. The Bertz CT molecular complexity index is 462. The topological polar surface area (TPSA) is 42.7 Å². The maximum atomic E-state index is 4.37. The van der Waals surface area contributed by atoms with Gasteiger partial charge in [-0.25, -0.2) is 9.97 Å². The summed E-state index contributed by atoms with van der Waals surface area (Å²) in [6, 6.07) is 6.08. The zero-order valence-electron chi connectivity index (χ0n) is 10.3. The molecule has 0 saturated heterocycles. The summed E-state index contributed by atoms with van der Waals surface area (Å²) in [5, 5.41) is 3.33. The largest absolute Gasteiger partial charge is 0.368 e. The van der Waals surface area contributed by atoms with E-state index >= 15 is 0 Å². The van der Waals surface area contributed by atoms with Crippen molar-refractivity contribution < 1.29 is 0 Å². The number of hydrogen-bond acceptors (Lipinski definition) is 3. The van der Waals surface area contributed by atoms with Crippen molar-refractivity contribution in [3.05, 3.63) is 42.1 Å². The molecule has 0 radical (unpaired) electrons. The highest BCUT2D eigenvalue weighted by Gasteiger charge is 1.99. The van der Waals surface area contributed by atoms with E-state index in [9.17, 15) is 0 Å². The Morgan fingerprint density at radius 3 is 2.71 bits per heavy atom. The minimum Gasteiger partial charge on any atom is -0.368 e. The second kappa shape index (κ2) is 5.48. The summed E-state index contributed by atoms with van der Waals surface area (Å²) >= 11 is 0. The average molecular weight is 230 g/mol. The predicted octanol–water partition coefficient (Wildman–Crippen LogP) is 2.26. The van der Waals surface area contributed by atoms with Crippen LogP contribution in [-0.2, 0) is 13.0 Å². The molecule has 0 aliphatic rings. The van der Waals surface area contributed by atoms with Gasteiger partial charge < -0.3 is 9.88 Å². The van der Waals surface area contributed by atoms with Crippen LogP contribution >= 0.6 is 0 Å². The molecule has 0 aliphatic heterocycles. The van der Waals surface area contributed by atoms with Crippen molar-refractivity contribution in [3.8, 4) is 0 Å². The van der Waals surface area contributed by atoms with Crippen LogP contribution < -0.4 is 5.32 Å². The Kier molecular flexibility index (Phi) is 3.75. The lowest BCUT2D eigenvalue weighted by Gasteiger charge is -2.08. The van der Waals surface area contributed by atoms with E-state index in [1.807, 2.05) is 25.1 Å². The third kappa shape index (κ3) is 3.31. The third-order valence-corrected chi connectivity index (χ3v) is 2.60. The fraction of sp³-hybridized carbons (Fsp3) is 0.385. The summed E-state index contributed by atoms with van der Waals surface area (Å²) in [4.78, 5) is 8.72. The molecule has 0 aliphatic carbocycles. The first-order valence-electron chi connectivity index (χ1n) is 5.97. The fourth-order valence-corrected chi connectivity index (χ4v) is 1.73. The molecule has 0 spiro atoms. The normalized spacial score (nSPS) is 10.5. The van der Waals surface area contributed by atoms with Gasteiger partial charge in [0.2, 0.25) is 0 Å². The number of nitrogens with zero attached hydrogens (tertiary/aromatic N) is 3. The third-order valence-electron chi connectivity index (χ3n) is 2.60. The molecule has 0 unspecified atom stereocenters. The van der Waals surface area contributed by atoms with Crippen LogP contribution in [0.4, 0.5) is 5.82 Å². The van der Waals surface area contributed by atoms with E-state index in [0.29, 0.717) is 0 Å². The van der Waals surface area contributed by atoms with Gasteiger partial charge in [-0.15, -0.1) is 0 Å². The molecule has 0 fully saturated rings. The molecule has 0 bridgehead atoms. The van der Waals surface area contributed by atoms with Crippen LogP contribution in [0, 0.1) is 6.92 Å². The van der Waals surface area contributed by atoms with Crippen molar-refractivity contribution in [2.45, 2.75) is 26.8 Å². The number of aromatic nitrogens is 3. The van der Waals surface area contributed by atoms with Gasteiger partial charge in [0.15, 0.2) is 0 Å². The molecule has 1 N–H and O–H groups in total. The monoisotopic (exact) mass is 230 g/mol. The van der Waals surface area contributed by atoms with E-state index in [-0.39, 0.29) is 0 Å². The molecule has 2 aromatic heterocycles. The number of rotatable bonds is 5. The zero-order chi connectivity index (χ0) is 12.1. The molecule has 0 saturated carbocycles. The molecule has 17 heavy (non-hydrogen) atoms. The van der Waals surface area contributed by atoms with Crippen LogP contribution in [0.5, 0.6) is 0 Å². The lowest BCUT2D eigenvalue weighted by molar-refractivity contribution is 0.730. The predicted molar refractivity (Wildman–Crippen MR) is 69.1 cm³/mol. The highest BCUT2D eigenvalue weighted by Crippen LogP contribution is 2.06. The molecule has 0 amide bonds. The second-order valence-corrected chi connectivity index (χ2v) is 3.99. The highest BCUT2D eigenvalue weighted by atomic mass is 15.1. The van der Waals surface area contributed by atoms with Crippen LogP contribution in [0.1, 0.15) is 18.4 Å². The molecular weight excluding hydrogens is 212 g/mol. The first-order chi connectivity index (χ1) is 8.28. The molecule has 0 aromatic carbocycles. The Balaban J connectivity index is 1.92. The standard InChI is InChI=1S/C13H18N4/c1-3-12-10-13(16-11(2)15-12)14-6-9-17-7-4-5-8-17/h4-5,7-8,10H,3,6,9H2,1-2H3,(H,14,15,16). The van der Waals surface area contributed by atoms with E-state index in [4.69, 9.17) is 0 Å². The van der Waals surface area contributed by atoms with Crippen LogP contribution in [0.2, 0.25) is 0 Å². The van der Waals surface area contributed by atoms with Crippen LogP contribution in [0.3, 0.4) is 0 Å². The van der Waals surface area contributed by atoms with Gasteiger partial charge in [-0.2, -0.15) is 0 Å². The number of hydrogen-bond donors (Lipinski definition) is 1. The maximum Gasteiger partial charge on any atom is 0.129 e. The number of nitrogens with one attached hydrogen (secondary N) is 1. The van der Waals surface area contributed by atoms with Gasteiger partial charge in [0.1, 0.15) is 11.6 Å². The van der Waals surface area contributed by atoms with E-state index in [2.05, 4.69) is 39.2 Å². The molecule has 2 rings (SSSR count). The Labute approximate surface area is 102 Å². The van der Waals surface area contributed by atoms with E-state index in [1.54, 1.807) is 0 Å². The first kappa shape index (κ1) is 11.6. The van der Waals surface area contributed by atoms with Gasteiger partial charge in [-0.3, -0.25) is 0 Å². The zero-order valence-corrected chi connectivity index (χ0v) is 10.3. The SMILES string of the molecule is CCc1cc(NCCn2cccc2)nc(C)n1.